The number of hydrogen-bond acceptors (Lipinski definition) is 5. The topological polar surface area (TPSA) is 78.1 Å². The third-order valence-corrected chi connectivity index (χ3v) is 4.04. The third kappa shape index (κ3) is 6.48. The van der Waals surface area contributed by atoms with Crippen LogP contribution >= 0.6 is 0 Å². The van der Waals surface area contributed by atoms with Gasteiger partial charge in [-0.2, -0.15) is 0 Å². The van der Waals surface area contributed by atoms with Crippen molar-refractivity contribution < 1.29 is 23.7 Å². The molecule has 0 fully saturated rings. The SMILES string of the molecule is CCOc1cc(NC(=O)NCCc2ccccc2OC)cc(OCC)c1OCC. The van der Waals surface area contributed by atoms with Crippen molar-refractivity contribution in [1.29, 1.82) is 0 Å². The van der Waals surface area contributed by atoms with Gasteiger partial charge in [0, 0.05) is 18.7 Å². The number of rotatable bonds is 11. The van der Waals surface area contributed by atoms with Crippen LogP contribution < -0.4 is 29.6 Å². The molecule has 0 unspecified atom stereocenters. The summed E-state index contributed by atoms with van der Waals surface area (Å²) < 4.78 is 22.4. The molecule has 2 amide bonds. The average Bonchev–Trinajstić information content (AvgIpc) is 2.71. The van der Waals surface area contributed by atoms with Gasteiger partial charge in [0.25, 0.3) is 0 Å². The lowest BCUT2D eigenvalue weighted by molar-refractivity contribution is 0.252. The lowest BCUT2D eigenvalue weighted by atomic mass is 10.1. The van der Waals surface area contributed by atoms with Gasteiger partial charge in [-0.15, -0.1) is 0 Å². The Morgan fingerprint density at radius 2 is 1.52 bits per heavy atom. The maximum Gasteiger partial charge on any atom is 0.319 e. The number of anilines is 1. The summed E-state index contributed by atoms with van der Waals surface area (Å²) in [5.74, 6) is 2.41. The first-order chi connectivity index (χ1) is 14.1. The molecule has 2 rings (SSSR count). The summed E-state index contributed by atoms with van der Waals surface area (Å²) in [7, 11) is 1.64. The molecule has 2 aromatic carbocycles. The largest absolute Gasteiger partial charge is 0.496 e. The second-order valence-corrected chi connectivity index (χ2v) is 6.04. The second kappa shape index (κ2) is 11.7. The Bertz CT molecular complexity index is 768. The van der Waals surface area contributed by atoms with E-state index < -0.39 is 0 Å². The van der Waals surface area contributed by atoms with Crippen LogP contribution in [0.5, 0.6) is 23.0 Å². The highest BCUT2D eigenvalue weighted by molar-refractivity contribution is 5.90. The molecule has 0 bridgehead atoms. The summed E-state index contributed by atoms with van der Waals surface area (Å²) in [5, 5.41) is 5.68. The van der Waals surface area contributed by atoms with E-state index in [1.165, 1.54) is 0 Å². The molecule has 0 heterocycles. The van der Waals surface area contributed by atoms with E-state index in [9.17, 15) is 4.79 Å². The van der Waals surface area contributed by atoms with Crippen molar-refractivity contribution in [3.8, 4) is 23.0 Å². The fraction of sp³-hybridized carbons (Fsp3) is 0.409. The molecule has 0 saturated heterocycles. The molecular weight excluding hydrogens is 372 g/mol. The highest BCUT2D eigenvalue weighted by Gasteiger charge is 2.16. The van der Waals surface area contributed by atoms with Crippen molar-refractivity contribution in [2.75, 3.05) is 38.8 Å². The molecule has 0 saturated carbocycles. The molecule has 0 atom stereocenters. The summed E-state index contributed by atoms with van der Waals surface area (Å²) >= 11 is 0. The van der Waals surface area contributed by atoms with Crippen LogP contribution in [0.4, 0.5) is 10.5 Å². The summed E-state index contributed by atoms with van der Waals surface area (Å²) in [6, 6.07) is 10.9. The minimum absolute atomic E-state index is 0.311. The molecular formula is C22H30N2O5. The molecule has 29 heavy (non-hydrogen) atoms. The van der Waals surface area contributed by atoms with Crippen LogP contribution in [0.3, 0.4) is 0 Å². The fourth-order valence-corrected chi connectivity index (χ4v) is 2.86. The van der Waals surface area contributed by atoms with E-state index in [2.05, 4.69) is 10.6 Å². The maximum atomic E-state index is 12.3. The van der Waals surface area contributed by atoms with E-state index in [1.807, 2.05) is 45.0 Å². The standard InChI is InChI=1S/C22H30N2O5/c1-5-27-19-14-17(15-20(28-6-2)21(19)29-7-3)24-22(25)23-13-12-16-10-8-9-11-18(16)26-4/h8-11,14-15H,5-7,12-13H2,1-4H3,(H2,23,24,25). The van der Waals surface area contributed by atoms with Gasteiger partial charge in [0.1, 0.15) is 5.75 Å². The van der Waals surface area contributed by atoms with Crippen LogP contribution in [-0.2, 0) is 6.42 Å². The van der Waals surface area contributed by atoms with E-state index >= 15 is 0 Å². The van der Waals surface area contributed by atoms with Gasteiger partial charge < -0.3 is 29.6 Å². The van der Waals surface area contributed by atoms with Crippen molar-refractivity contribution in [3.63, 3.8) is 0 Å². The van der Waals surface area contributed by atoms with Gasteiger partial charge in [-0.1, -0.05) is 18.2 Å². The zero-order valence-corrected chi connectivity index (χ0v) is 17.5. The molecule has 0 spiro atoms. The number of ether oxygens (including phenoxy) is 4. The first kappa shape index (κ1) is 22.2. The normalized spacial score (nSPS) is 10.2. The van der Waals surface area contributed by atoms with Crippen LogP contribution in [-0.4, -0.2) is 39.5 Å². The van der Waals surface area contributed by atoms with E-state index in [-0.39, 0.29) is 6.03 Å². The molecule has 0 aromatic heterocycles. The number of urea groups is 1. The molecule has 0 aliphatic heterocycles. The van der Waals surface area contributed by atoms with E-state index in [0.29, 0.717) is 55.7 Å². The monoisotopic (exact) mass is 402 g/mol. The van der Waals surface area contributed by atoms with Crippen LogP contribution in [0.15, 0.2) is 36.4 Å². The smallest absolute Gasteiger partial charge is 0.319 e. The number of amides is 2. The Labute approximate surface area is 172 Å². The molecule has 2 N–H and O–H groups in total. The molecule has 7 heteroatoms. The molecule has 7 nitrogen and oxygen atoms in total. The summed E-state index contributed by atoms with van der Waals surface area (Å²) in [6.45, 7) is 7.57. The van der Waals surface area contributed by atoms with Crippen molar-refractivity contribution in [2.45, 2.75) is 27.2 Å². The number of para-hydroxylation sites is 1. The van der Waals surface area contributed by atoms with Gasteiger partial charge in [-0.25, -0.2) is 4.79 Å². The second-order valence-electron chi connectivity index (χ2n) is 6.04. The first-order valence-corrected chi connectivity index (χ1v) is 9.86. The zero-order chi connectivity index (χ0) is 21.1. The Kier molecular flexibility index (Phi) is 8.95. The lowest BCUT2D eigenvalue weighted by Gasteiger charge is -2.17. The van der Waals surface area contributed by atoms with Gasteiger partial charge in [-0.05, 0) is 38.8 Å². The predicted octanol–water partition coefficient (Wildman–Crippen LogP) is 4.26. The van der Waals surface area contributed by atoms with Gasteiger partial charge >= 0.3 is 6.03 Å². The van der Waals surface area contributed by atoms with Crippen molar-refractivity contribution in [3.05, 3.63) is 42.0 Å². The van der Waals surface area contributed by atoms with Crippen molar-refractivity contribution in [2.24, 2.45) is 0 Å². The van der Waals surface area contributed by atoms with Crippen LogP contribution in [0.1, 0.15) is 26.3 Å². The Morgan fingerprint density at radius 3 is 2.10 bits per heavy atom. The van der Waals surface area contributed by atoms with Crippen LogP contribution in [0, 0.1) is 0 Å². The van der Waals surface area contributed by atoms with E-state index in [1.54, 1.807) is 19.2 Å². The van der Waals surface area contributed by atoms with Gasteiger partial charge in [0.05, 0.1) is 32.6 Å². The number of carbonyl (C=O) groups is 1. The molecule has 158 valence electrons. The molecule has 2 aromatic rings. The van der Waals surface area contributed by atoms with Gasteiger partial charge in [0.15, 0.2) is 11.5 Å². The maximum absolute atomic E-state index is 12.3. The Balaban J connectivity index is 2.04. The highest BCUT2D eigenvalue weighted by atomic mass is 16.5. The summed E-state index contributed by atoms with van der Waals surface area (Å²) in [4.78, 5) is 12.3. The Hall–Kier alpha value is -3.09. The van der Waals surface area contributed by atoms with Crippen LogP contribution in [0.2, 0.25) is 0 Å². The number of methoxy groups -OCH3 is 1. The highest BCUT2D eigenvalue weighted by Crippen LogP contribution is 2.40. The molecule has 0 aliphatic rings. The number of hydrogen-bond donors (Lipinski definition) is 2. The van der Waals surface area contributed by atoms with Gasteiger partial charge in [0.2, 0.25) is 5.75 Å². The average molecular weight is 402 g/mol. The molecule has 0 radical (unpaired) electrons. The third-order valence-electron chi connectivity index (χ3n) is 4.04. The predicted molar refractivity (Wildman–Crippen MR) is 114 cm³/mol. The number of nitrogens with one attached hydrogen (secondary N) is 2. The quantitative estimate of drug-likeness (QED) is 0.587. The minimum Gasteiger partial charge on any atom is -0.496 e. The van der Waals surface area contributed by atoms with E-state index in [0.717, 1.165) is 11.3 Å². The Morgan fingerprint density at radius 1 is 0.897 bits per heavy atom. The lowest BCUT2D eigenvalue weighted by Crippen LogP contribution is -2.30. The minimum atomic E-state index is -0.311. The van der Waals surface area contributed by atoms with Gasteiger partial charge in [-0.3, -0.25) is 0 Å². The molecule has 0 aliphatic carbocycles. The van der Waals surface area contributed by atoms with Crippen molar-refractivity contribution >= 4 is 11.7 Å². The summed E-state index contributed by atoms with van der Waals surface area (Å²) in [6.07, 6.45) is 0.662. The van der Waals surface area contributed by atoms with Crippen LogP contribution in [0.25, 0.3) is 0 Å². The number of benzene rings is 2. The summed E-state index contributed by atoms with van der Waals surface area (Å²) in [5.41, 5.74) is 1.60. The first-order valence-electron chi connectivity index (χ1n) is 9.86. The number of carbonyl (C=O) groups excluding carboxylic acids is 1. The fourth-order valence-electron chi connectivity index (χ4n) is 2.86. The van der Waals surface area contributed by atoms with E-state index in [4.69, 9.17) is 18.9 Å². The zero-order valence-electron chi connectivity index (χ0n) is 17.5. The van der Waals surface area contributed by atoms with Crippen molar-refractivity contribution in [1.82, 2.24) is 5.32 Å².